The van der Waals surface area contributed by atoms with E-state index in [0.717, 1.165) is 5.56 Å². The maximum Gasteiger partial charge on any atom is 0.287 e. The minimum absolute atomic E-state index is 0.0921. The molecule has 2 aromatic heterocycles. The highest BCUT2D eigenvalue weighted by Gasteiger charge is 2.41. The molecule has 1 aliphatic heterocycles. The Kier molecular flexibility index (Phi) is 4.02. The largest absolute Gasteiger partial charge is 0.459 e. The highest BCUT2D eigenvalue weighted by molar-refractivity contribution is 6.03. The van der Waals surface area contributed by atoms with Crippen LogP contribution in [0.3, 0.4) is 0 Å². The molecule has 3 heterocycles. The standard InChI is InChI=1S/C19H17FN4O3/c1-10-14-15(11-5-3-6-12(20)9-11)16(19(26)22-17(14)24(2)23-10)21-18(25)13-7-4-8-27-13/h3-9,15-16H,1-2H3,(H,21,25)(H,22,26)/t15-,16+/m0/s1. The average Bonchev–Trinajstić information content (AvgIpc) is 3.25. The second kappa shape index (κ2) is 6.39. The van der Waals surface area contributed by atoms with Crippen LogP contribution in [-0.4, -0.2) is 27.6 Å². The van der Waals surface area contributed by atoms with Gasteiger partial charge in [0.05, 0.1) is 12.0 Å². The summed E-state index contributed by atoms with van der Waals surface area (Å²) in [6.07, 6.45) is 1.38. The van der Waals surface area contributed by atoms with E-state index in [1.54, 1.807) is 29.9 Å². The van der Waals surface area contributed by atoms with Crippen LogP contribution in [0, 0.1) is 12.7 Å². The number of fused-ring (bicyclic) bond motifs is 1. The second-order valence-electron chi connectivity index (χ2n) is 6.42. The molecule has 0 saturated carbocycles. The van der Waals surface area contributed by atoms with Gasteiger partial charge in [0, 0.05) is 18.5 Å². The molecule has 138 valence electrons. The summed E-state index contributed by atoms with van der Waals surface area (Å²) >= 11 is 0. The van der Waals surface area contributed by atoms with Crippen molar-refractivity contribution in [1.29, 1.82) is 0 Å². The van der Waals surface area contributed by atoms with Gasteiger partial charge in [-0.2, -0.15) is 5.10 Å². The predicted octanol–water partition coefficient (Wildman–Crippen LogP) is 2.34. The van der Waals surface area contributed by atoms with E-state index in [4.69, 9.17) is 4.42 Å². The van der Waals surface area contributed by atoms with Gasteiger partial charge in [-0.05, 0) is 36.8 Å². The summed E-state index contributed by atoms with van der Waals surface area (Å²) in [6.45, 7) is 1.81. The molecule has 0 spiro atoms. The number of rotatable bonds is 3. The highest BCUT2D eigenvalue weighted by Crippen LogP contribution is 2.39. The second-order valence-corrected chi connectivity index (χ2v) is 6.42. The van der Waals surface area contributed by atoms with Crippen molar-refractivity contribution in [2.45, 2.75) is 18.9 Å². The maximum atomic E-state index is 13.9. The molecule has 0 radical (unpaired) electrons. The average molecular weight is 368 g/mol. The SMILES string of the molecule is Cc1nn(C)c2c1[C@H](c1cccc(F)c1)[C@@H](NC(=O)c1ccco1)C(=O)N2. The van der Waals surface area contributed by atoms with E-state index >= 15 is 0 Å². The van der Waals surface area contributed by atoms with Crippen LogP contribution in [0.1, 0.15) is 33.3 Å². The molecule has 8 heteroatoms. The number of nitrogens with zero attached hydrogens (tertiary/aromatic N) is 2. The summed E-state index contributed by atoms with van der Waals surface area (Å²) in [5, 5.41) is 9.86. The zero-order chi connectivity index (χ0) is 19.1. The van der Waals surface area contributed by atoms with Gasteiger partial charge in [-0.3, -0.25) is 14.3 Å². The van der Waals surface area contributed by atoms with Crippen molar-refractivity contribution in [2.75, 3.05) is 5.32 Å². The summed E-state index contributed by atoms with van der Waals surface area (Å²) in [6, 6.07) is 8.16. The zero-order valence-corrected chi connectivity index (χ0v) is 14.7. The molecule has 0 bridgehead atoms. The number of aryl methyl sites for hydroxylation is 2. The third-order valence-corrected chi connectivity index (χ3v) is 4.68. The van der Waals surface area contributed by atoms with Gasteiger partial charge in [-0.1, -0.05) is 12.1 Å². The van der Waals surface area contributed by atoms with Gasteiger partial charge >= 0.3 is 0 Å². The van der Waals surface area contributed by atoms with E-state index in [-0.39, 0.29) is 5.76 Å². The first kappa shape index (κ1) is 17.0. The number of amides is 2. The maximum absolute atomic E-state index is 13.9. The lowest BCUT2D eigenvalue weighted by molar-refractivity contribution is -0.118. The molecule has 2 N–H and O–H groups in total. The molecule has 0 unspecified atom stereocenters. The molecule has 7 nitrogen and oxygen atoms in total. The highest BCUT2D eigenvalue weighted by atomic mass is 19.1. The molecule has 0 fully saturated rings. The van der Waals surface area contributed by atoms with Crippen molar-refractivity contribution in [3.8, 4) is 0 Å². The van der Waals surface area contributed by atoms with Gasteiger partial charge < -0.3 is 15.1 Å². The van der Waals surface area contributed by atoms with Gasteiger partial charge in [0.2, 0.25) is 5.91 Å². The lowest BCUT2D eigenvalue weighted by Gasteiger charge is -2.32. The molecule has 0 saturated heterocycles. The molecule has 4 rings (SSSR count). The fraction of sp³-hybridized carbons (Fsp3) is 0.211. The Morgan fingerprint density at radius 1 is 1.33 bits per heavy atom. The number of carbonyl (C=O) groups is 2. The number of anilines is 1. The zero-order valence-electron chi connectivity index (χ0n) is 14.7. The number of hydrogen-bond acceptors (Lipinski definition) is 4. The van der Waals surface area contributed by atoms with Crippen LogP contribution >= 0.6 is 0 Å². The third kappa shape index (κ3) is 2.88. The Morgan fingerprint density at radius 3 is 2.85 bits per heavy atom. The number of furan rings is 1. The first-order chi connectivity index (χ1) is 13.0. The number of halogens is 1. The Hall–Kier alpha value is -3.42. The minimum Gasteiger partial charge on any atom is -0.459 e. The number of aromatic nitrogens is 2. The lowest BCUT2D eigenvalue weighted by atomic mass is 9.82. The van der Waals surface area contributed by atoms with Crippen LogP contribution in [0.2, 0.25) is 0 Å². The Balaban J connectivity index is 1.82. The van der Waals surface area contributed by atoms with Gasteiger partial charge in [-0.25, -0.2) is 4.39 Å². The van der Waals surface area contributed by atoms with Crippen LogP contribution in [0.4, 0.5) is 10.2 Å². The fourth-order valence-corrected chi connectivity index (χ4v) is 3.54. The molecule has 1 aliphatic rings. The Morgan fingerprint density at radius 2 is 2.15 bits per heavy atom. The summed E-state index contributed by atoms with van der Waals surface area (Å²) in [5.41, 5.74) is 2.01. The lowest BCUT2D eigenvalue weighted by Crippen LogP contribution is -2.50. The van der Waals surface area contributed by atoms with Gasteiger partial charge in [0.1, 0.15) is 17.7 Å². The minimum atomic E-state index is -0.945. The van der Waals surface area contributed by atoms with Crippen LogP contribution in [0.25, 0.3) is 0 Å². The predicted molar refractivity (Wildman–Crippen MR) is 94.8 cm³/mol. The number of benzene rings is 1. The monoisotopic (exact) mass is 368 g/mol. The van der Waals surface area contributed by atoms with E-state index in [1.165, 1.54) is 24.5 Å². The molecule has 3 aromatic rings. The topological polar surface area (TPSA) is 89.2 Å². The molecule has 0 aliphatic carbocycles. The van der Waals surface area contributed by atoms with Crippen molar-refractivity contribution < 1.29 is 18.4 Å². The molecule has 2 atom stereocenters. The van der Waals surface area contributed by atoms with Crippen LogP contribution in [-0.2, 0) is 11.8 Å². The van der Waals surface area contributed by atoms with Gasteiger partial charge in [0.25, 0.3) is 5.91 Å². The van der Waals surface area contributed by atoms with E-state index in [9.17, 15) is 14.0 Å². The van der Waals surface area contributed by atoms with E-state index < -0.39 is 29.6 Å². The third-order valence-electron chi connectivity index (χ3n) is 4.68. The first-order valence-corrected chi connectivity index (χ1v) is 8.40. The van der Waals surface area contributed by atoms with Crippen molar-refractivity contribution >= 4 is 17.6 Å². The molecule has 2 amide bonds. The molecular formula is C19H17FN4O3. The van der Waals surface area contributed by atoms with Crippen molar-refractivity contribution in [1.82, 2.24) is 15.1 Å². The van der Waals surface area contributed by atoms with Gasteiger partial charge in [-0.15, -0.1) is 0 Å². The van der Waals surface area contributed by atoms with Crippen molar-refractivity contribution in [2.24, 2.45) is 7.05 Å². The summed E-state index contributed by atoms with van der Waals surface area (Å²) in [7, 11) is 1.72. The van der Waals surface area contributed by atoms with Crippen molar-refractivity contribution in [3.05, 3.63) is 71.1 Å². The van der Waals surface area contributed by atoms with Crippen LogP contribution in [0.5, 0.6) is 0 Å². The van der Waals surface area contributed by atoms with E-state index in [0.29, 0.717) is 17.1 Å². The normalized spacial score (nSPS) is 18.7. The number of nitrogens with one attached hydrogen (secondary N) is 2. The number of hydrogen-bond donors (Lipinski definition) is 2. The number of carbonyl (C=O) groups excluding carboxylic acids is 2. The summed E-state index contributed by atoms with van der Waals surface area (Å²) in [5.74, 6) is -1.30. The van der Waals surface area contributed by atoms with Crippen molar-refractivity contribution in [3.63, 3.8) is 0 Å². The smallest absolute Gasteiger partial charge is 0.287 e. The van der Waals surface area contributed by atoms with E-state index in [1.807, 2.05) is 6.92 Å². The first-order valence-electron chi connectivity index (χ1n) is 8.40. The molecule has 1 aromatic carbocycles. The fourth-order valence-electron chi connectivity index (χ4n) is 3.54. The Labute approximate surface area is 154 Å². The van der Waals surface area contributed by atoms with Crippen LogP contribution < -0.4 is 10.6 Å². The van der Waals surface area contributed by atoms with E-state index in [2.05, 4.69) is 15.7 Å². The summed E-state index contributed by atoms with van der Waals surface area (Å²) < 4.78 is 20.6. The molecular weight excluding hydrogens is 351 g/mol. The summed E-state index contributed by atoms with van der Waals surface area (Å²) in [4.78, 5) is 25.3. The molecule has 27 heavy (non-hydrogen) atoms. The van der Waals surface area contributed by atoms with Crippen LogP contribution in [0.15, 0.2) is 47.1 Å². The Bertz CT molecular complexity index is 1030. The quantitative estimate of drug-likeness (QED) is 0.743. The van der Waals surface area contributed by atoms with Gasteiger partial charge in [0.15, 0.2) is 5.76 Å².